The highest BCUT2D eigenvalue weighted by Gasteiger charge is 2.26. The number of allylic oxidation sites excluding steroid dienone is 9. The molecule has 10 rings (SSSR count). The fraction of sp³-hybridized carbons (Fsp3) is 0.204. The lowest BCUT2D eigenvalue weighted by Gasteiger charge is -2.15. The van der Waals surface area contributed by atoms with Crippen LogP contribution in [0, 0.1) is 0 Å². The van der Waals surface area contributed by atoms with Crippen LogP contribution < -0.4 is 0 Å². The van der Waals surface area contributed by atoms with Crippen molar-refractivity contribution in [3.63, 3.8) is 0 Å². The van der Waals surface area contributed by atoms with Crippen molar-refractivity contribution in [3.8, 4) is 22.3 Å². The Labute approximate surface area is 341 Å². The number of amidine groups is 2. The average molecular weight is 753 g/mol. The minimum absolute atomic E-state index is 0.612. The number of nitrogens with zero attached hydrogens (tertiary/aromatic N) is 4. The summed E-state index contributed by atoms with van der Waals surface area (Å²) >= 11 is 0. The standard InChI is InChI=1S/C54H48N4/c1-3-15-43-40(32-37-17-8-10-23-44(37)43)30-31-56-53(57-54(55-2)48-27-14-26-47-45-24-11-9-18-39(45)34-49(47)48)41-20-13-19-38(33-41)50-35-58(42-21-5-4-6-22-42)51-29-28-36-16-7-12-25-46(36)52(50)51/h3-5,7,9,11-16,18-21,24-29,33,35H,2,6,8,10,17,22-23,30-32,34H2,1H3/b15-3-,56-53?,57-54?. The lowest BCUT2D eigenvalue weighted by molar-refractivity contribution is 0.676. The maximum atomic E-state index is 5.38. The number of hydrogen-bond acceptors (Lipinski definition) is 1. The molecule has 1 heterocycles. The Kier molecular flexibility index (Phi) is 9.62. The summed E-state index contributed by atoms with van der Waals surface area (Å²) in [6.07, 6.45) is 23.5. The van der Waals surface area contributed by atoms with Crippen molar-refractivity contribution in [2.45, 2.75) is 64.7 Å². The fourth-order valence-electron chi connectivity index (χ4n) is 9.88. The van der Waals surface area contributed by atoms with E-state index in [1.165, 1.54) is 92.0 Å². The Morgan fingerprint density at radius 1 is 0.810 bits per heavy atom. The second kappa shape index (κ2) is 15.5. The molecule has 58 heavy (non-hydrogen) atoms. The average Bonchev–Trinajstić information content (AvgIpc) is 3.97. The van der Waals surface area contributed by atoms with Gasteiger partial charge in [-0.05, 0) is 139 Å². The topological polar surface area (TPSA) is 42.0 Å². The molecule has 0 unspecified atom stereocenters. The van der Waals surface area contributed by atoms with Gasteiger partial charge < -0.3 is 4.57 Å². The molecule has 4 aliphatic carbocycles. The fourth-order valence-corrected chi connectivity index (χ4v) is 9.88. The van der Waals surface area contributed by atoms with Gasteiger partial charge in [-0.25, -0.2) is 9.98 Å². The number of aromatic nitrogens is 1. The zero-order chi connectivity index (χ0) is 39.0. The lowest BCUT2D eigenvalue weighted by Crippen LogP contribution is -2.08. The van der Waals surface area contributed by atoms with Gasteiger partial charge in [-0.1, -0.05) is 126 Å². The van der Waals surface area contributed by atoms with Crippen molar-refractivity contribution in [1.82, 2.24) is 4.57 Å². The summed E-state index contributed by atoms with van der Waals surface area (Å²) in [6, 6.07) is 37.3. The van der Waals surface area contributed by atoms with Crippen molar-refractivity contribution in [2.24, 2.45) is 15.0 Å². The third-order valence-electron chi connectivity index (χ3n) is 12.6. The van der Waals surface area contributed by atoms with E-state index >= 15 is 0 Å². The molecule has 5 aromatic carbocycles. The molecule has 4 aliphatic rings. The highest BCUT2D eigenvalue weighted by atomic mass is 15.0. The van der Waals surface area contributed by atoms with E-state index in [1.807, 2.05) is 0 Å². The number of fused-ring (bicyclic) bond motifs is 6. The number of hydrogen-bond donors (Lipinski definition) is 0. The van der Waals surface area contributed by atoms with Gasteiger partial charge >= 0.3 is 0 Å². The van der Waals surface area contributed by atoms with Gasteiger partial charge in [0, 0.05) is 40.5 Å². The van der Waals surface area contributed by atoms with E-state index in [9.17, 15) is 0 Å². The molecule has 0 N–H and O–H groups in total. The molecule has 0 spiro atoms. The summed E-state index contributed by atoms with van der Waals surface area (Å²) in [7, 11) is 0. The minimum atomic E-state index is 0.612. The van der Waals surface area contributed by atoms with Crippen LogP contribution in [0.3, 0.4) is 0 Å². The molecule has 0 bridgehead atoms. The number of benzene rings is 5. The van der Waals surface area contributed by atoms with Crippen LogP contribution in [0.25, 0.3) is 49.6 Å². The molecule has 6 aromatic rings. The van der Waals surface area contributed by atoms with E-state index in [0.29, 0.717) is 18.2 Å². The Bertz CT molecular complexity index is 2860. The molecule has 0 amide bonds. The first-order valence-electron chi connectivity index (χ1n) is 21.0. The van der Waals surface area contributed by atoms with Gasteiger partial charge in [0.15, 0.2) is 11.7 Å². The monoisotopic (exact) mass is 752 g/mol. The van der Waals surface area contributed by atoms with Crippen molar-refractivity contribution in [1.29, 1.82) is 0 Å². The maximum Gasteiger partial charge on any atom is 0.161 e. The number of aliphatic imine (C=N–C) groups is 3. The first-order chi connectivity index (χ1) is 28.7. The molecule has 0 saturated carbocycles. The zero-order valence-corrected chi connectivity index (χ0v) is 33.3. The highest BCUT2D eigenvalue weighted by Crippen LogP contribution is 2.43. The Hall–Kier alpha value is -6.39. The van der Waals surface area contributed by atoms with Crippen LogP contribution in [0.1, 0.15) is 80.5 Å². The zero-order valence-electron chi connectivity index (χ0n) is 33.3. The van der Waals surface area contributed by atoms with E-state index in [4.69, 9.17) is 9.98 Å². The van der Waals surface area contributed by atoms with Crippen LogP contribution in [0.4, 0.5) is 0 Å². The Morgan fingerprint density at radius 3 is 2.57 bits per heavy atom. The largest absolute Gasteiger partial charge is 0.320 e. The molecule has 284 valence electrons. The van der Waals surface area contributed by atoms with Gasteiger partial charge in [-0.2, -0.15) is 0 Å². The van der Waals surface area contributed by atoms with Crippen LogP contribution in [0.2, 0.25) is 0 Å². The van der Waals surface area contributed by atoms with Gasteiger partial charge in [0.2, 0.25) is 0 Å². The van der Waals surface area contributed by atoms with Gasteiger partial charge in [0.25, 0.3) is 0 Å². The first-order valence-corrected chi connectivity index (χ1v) is 21.0. The summed E-state index contributed by atoms with van der Waals surface area (Å²) in [5.41, 5.74) is 18.2. The summed E-state index contributed by atoms with van der Waals surface area (Å²) < 4.78 is 2.40. The molecule has 4 heteroatoms. The van der Waals surface area contributed by atoms with Gasteiger partial charge in [-0.15, -0.1) is 0 Å². The molecular weight excluding hydrogens is 705 g/mol. The quantitative estimate of drug-likeness (QED) is 0.110. The molecule has 4 nitrogen and oxygen atoms in total. The summed E-state index contributed by atoms with van der Waals surface area (Å²) in [5.74, 6) is 1.30. The van der Waals surface area contributed by atoms with Crippen LogP contribution in [0.5, 0.6) is 0 Å². The Morgan fingerprint density at radius 2 is 1.67 bits per heavy atom. The molecular formula is C54H48N4. The van der Waals surface area contributed by atoms with Crippen LogP contribution in [-0.2, 0) is 6.42 Å². The normalized spacial score (nSPS) is 16.7. The second-order valence-electron chi connectivity index (χ2n) is 16.0. The third-order valence-corrected chi connectivity index (χ3v) is 12.6. The van der Waals surface area contributed by atoms with Gasteiger partial charge in [-0.3, -0.25) is 4.99 Å². The molecule has 0 saturated heterocycles. The lowest BCUT2D eigenvalue weighted by atomic mass is 9.91. The van der Waals surface area contributed by atoms with Crippen molar-refractivity contribution in [2.75, 3.05) is 6.54 Å². The predicted molar refractivity (Wildman–Crippen MR) is 246 cm³/mol. The van der Waals surface area contributed by atoms with Crippen molar-refractivity contribution >= 4 is 45.8 Å². The van der Waals surface area contributed by atoms with E-state index < -0.39 is 0 Å². The molecule has 0 atom stereocenters. The summed E-state index contributed by atoms with van der Waals surface area (Å²) in [5, 5.41) is 3.76. The molecule has 0 fully saturated rings. The van der Waals surface area contributed by atoms with E-state index in [2.05, 4.69) is 163 Å². The van der Waals surface area contributed by atoms with Crippen LogP contribution in [0.15, 0.2) is 177 Å². The van der Waals surface area contributed by atoms with E-state index in [0.717, 1.165) is 48.8 Å². The highest BCUT2D eigenvalue weighted by molar-refractivity contribution is 6.16. The van der Waals surface area contributed by atoms with E-state index in [-0.39, 0.29) is 0 Å². The summed E-state index contributed by atoms with van der Waals surface area (Å²) in [6.45, 7) is 6.86. The second-order valence-corrected chi connectivity index (χ2v) is 16.0. The van der Waals surface area contributed by atoms with Gasteiger partial charge in [0.1, 0.15) is 0 Å². The van der Waals surface area contributed by atoms with Crippen LogP contribution in [-0.4, -0.2) is 29.5 Å². The molecule has 0 aliphatic heterocycles. The molecule has 0 radical (unpaired) electrons. The predicted octanol–water partition coefficient (Wildman–Crippen LogP) is 13.7. The first kappa shape index (κ1) is 36.0. The minimum Gasteiger partial charge on any atom is -0.320 e. The van der Waals surface area contributed by atoms with Crippen LogP contribution >= 0.6 is 0 Å². The van der Waals surface area contributed by atoms with Crippen molar-refractivity contribution < 1.29 is 0 Å². The van der Waals surface area contributed by atoms with E-state index in [1.54, 1.807) is 11.1 Å². The van der Waals surface area contributed by atoms with Crippen molar-refractivity contribution in [3.05, 3.63) is 184 Å². The Balaban J connectivity index is 1.09. The number of rotatable bonds is 8. The maximum absolute atomic E-state index is 5.38. The third kappa shape index (κ3) is 6.47. The van der Waals surface area contributed by atoms with Gasteiger partial charge in [0.05, 0.1) is 5.52 Å². The summed E-state index contributed by atoms with van der Waals surface area (Å²) in [4.78, 5) is 15.4. The molecule has 1 aromatic heterocycles. The smallest absolute Gasteiger partial charge is 0.161 e. The SMILES string of the molecule is C=NC(=NC(=NCCC1=C(/C=C\C)C2=C(CCCC2)C1)c1cccc(-c2cn(C3=CC=CCC3)c3ccc4ccccc4c23)c1)c1cccc2c1Cc1ccccc1-2.